The lowest BCUT2D eigenvalue weighted by Gasteiger charge is -2.31. The van der Waals surface area contributed by atoms with Crippen LogP contribution in [0.25, 0.3) is 0 Å². The molecular weight excluding hydrogens is 337 g/mol. The molecule has 23 heavy (non-hydrogen) atoms. The average molecular weight is 350 g/mol. The third kappa shape index (κ3) is 4.06. The van der Waals surface area contributed by atoms with Gasteiger partial charge in [0.25, 0.3) is 10.0 Å². The van der Waals surface area contributed by atoms with E-state index in [0.29, 0.717) is 24.1 Å². The molecule has 2 rings (SSSR count). The van der Waals surface area contributed by atoms with Gasteiger partial charge in [-0.05, 0) is 31.2 Å². The van der Waals surface area contributed by atoms with Crippen LogP contribution in [0.3, 0.4) is 0 Å². The van der Waals surface area contributed by atoms with Crippen molar-refractivity contribution >= 4 is 22.0 Å². The molecule has 0 radical (unpaired) electrons. The molecule has 0 amide bonds. The third-order valence-electron chi connectivity index (χ3n) is 2.98. The first-order valence-electron chi connectivity index (χ1n) is 6.34. The standard InChI is InChI=1S/C12H13F3N4O3S/c1-8-6-19(11(7-20)17-16-8)18-23(21,22)10-4-2-9(3-5-10)12(13,14)15/h2-5,7,11,17-18H,6H2,1H3. The molecule has 1 heterocycles. The van der Waals surface area contributed by atoms with E-state index in [9.17, 15) is 26.4 Å². The van der Waals surface area contributed by atoms with Crippen molar-refractivity contribution < 1.29 is 26.4 Å². The highest BCUT2D eigenvalue weighted by Crippen LogP contribution is 2.29. The van der Waals surface area contributed by atoms with E-state index in [1.165, 1.54) is 0 Å². The largest absolute Gasteiger partial charge is 0.416 e. The van der Waals surface area contributed by atoms with Gasteiger partial charge in [0, 0.05) is 0 Å². The monoisotopic (exact) mass is 350 g/mol. The van der Waals surface area contributed by atoms with E-state index in [0.717, 1.165) is 17.1 Å². The molecule has 1 unspecified atom stereocenters. The molecule has 0 aliphatic carbocycles. The zero-order valence-electron chi connectivity index (χ0n) is 11.8. The summed E-state index contributed by atoms with van der Waals surface area (Å²) in [6.07, 6.45) is -5.11. The third-order valence-corrected chi connectivity index (χ3v) is 4.35. The summed E-state index contributed by atoms with van der Waals surface area (Å²) in [6.45, 7) is 1.67. The van der Waals surface area contributed by atoms with Gasteiger partial charge in [-0.3, -0.25) is 10.2 Å². The van der Waals surface area contributed by atoms with Gasteiger partial charge in [-0.2, -0.15) is 23.3 Å². The van der Waals surface area contributed by atoms with Crippen LogP contribution in [0.1, 0.15) is 12.5 Å². The molecule has 1 atom stereocenters. The van der Waals surface area contributed by atoms with Crippen LogP contribution in [0.15, 0.2) is 34.3 Å². The summed E-state index contributed by atoms with van der Waals surface area (Å²) in [7, 11) is -4.13. The van der Waals surface area contributed by atoms with Crippen LogP contribution in [0.4, 0.5) is 13.2 Å². The number of carbonyl (C=O) groups excluding carboxylic acids is 1. The molecule has 1 aliphatic rings. The quantitative estimate of drug-likeness (QED) is 0.781. The molecule has 0 saturated heterocycles. The van der Waals surface area contributed by atoms with Gasteiger partial charge in [0.05, 0.1) is 22.7 Å². The van der Waals surface area contributed by atoms with E-state index in [1.807, 2.05) is 0 Å². The molecule has 1 aromatic carbocycles. The first-order chi connectivity index (χ1) is 10.6. The number of halogens is 3. The second-order valence-electron chi connectivity index (χ2n) is 4.80. The molecule has 1 aromatic rings. The highest BCUT2D eigenvalue weighted by Gasteiger charge is 2.31. The molecule has 0 fully saturated rings. The van der Waals surface area contributed by atoms with Crippen molar-refractivity contribution in [3.05, 3.63) is 29.8 Å². The maximum Gasteiger partial charge on any atom is 0.416 e. The van der Waals surface area contributed by atoms with Crippen LogP contribution in [0.5, 0.6) is 0 Å². The fourth-order valence-corrected chi connectivity index (χ4v) is 2.94. The molecule has 0 spiro atoms. The number of nitrogens with zero attached hydrogens (tertiary/aromatic N) is 2. The van der Waals surface area contributed by atoms with Crippen LogP contribution < -0.4 is 10.3 Å². The molecule has 7 nitrogen and oxygen atoms in total. The molecular formula is C12H13F3N4O3S. The highest BCUT2D eigenvalue weighted by molar-refractivity contribution is 7.89. The number of sulfonamides is 1. The number of benzene rings is 1. The van der Waals surface area contributed by atoms with Crippen molar-refractivity contribution in [2.45, 2.75) is 24.2 Å². The molecule has 0 saturated carbocycles. The Balaban J connectivity index is 2.21. The minimum absolute atomic E-state index is 0.0519. The maximum absolute atomic E-state index is 12.5. The molecule has 0 aromatic heterocycles. The smallest absolute Gasteiger partial charge is 0.299 e. The Morgan fingerprint density at radius 1 is 1.35 bits per heavy atom. The van der Waals surface area contributed by atoms with Crippen molar-refractivity contribution in [1.29, 1.82) is 0 Å². The van der Waals surface area contributed by atoms with Crippen LogP contribution >= 0.6 is 0 Å². The van der Waals surface area contributed by atoms with Crippen molar-refractivity contribution in [2.24, 2.45) is 5.10 Å². The first kappa shape index (κ1) is 17.4. The first-order valence-corrected chi connectivity index (χ1v) is 7.82. The van der Waals surface area contributed by atoms with Gasteiger partial charge in [-0.25, -0.2) is 8.42 Å². The average Bonchev–Trinajstić information content (AvgIpc) is 2.46. The van der Waals surface area contributed by atoms with Gasteiger partial charge in [0.2, 0.25) is 0 Å². The van der Waals surface area contributed by atoms with Gasteiger partial charge in [-0.15, -0.1) is 4.83 Å². The van der Waals surface area contributed by atoms with E-state index in [4.69, 9.17) is 0 Å². The summed E-state index contributed by atoms with van der Waals surface area (Å²) < 4.78 is 61.9. The lowest BCUT2D eigenvalue weighted by molar-refractivity contribution is -0.137. The zero-order chi connectivity index (χ0) is 17.3. The van der Waals surface area contributed by atoms with E-state index in [2.05, 4.69) is 15.4 Å². The van der Waals surface area contributed by atoms with Crippen molar-refractivity contribution in [3.63, 3.8) is 0 Å². The summed E-state index contributed by atoms with van der Waals surface area (Å²) in [6, 6.07) is 3.04. The predicted molar refractivity (Wildman–Crippen MR) is 74.6 cm³/mol. The topological polar surface area (TPSA) is 90.9 Å². The minimum atomic E-state index is -4.55. The molecule has 0 bridgehead atoms. The Bertz CT molecular complexity index is 716. The second kappa shape index (κ2) is 6.26. The Labute approximate surface area is 130 Å². The number of hydrazine groups is 1. The number of aldehydes is 1. The number of hydrazone groups is 1. The summed E-state index contributed by atoms with van der Waals surface area (Å²) >= 11 is 0. The fraction of sp³-hybridized carbons (Fsp3) is 0.333. The number of rotatable bonds is 4. The summed E-state index contributed by atoms with van der Waals surface area (Å²) in [5.74, 6) is 0. The van der Waals surface area contributed by atoms with Gasteiger partial charge < -0.3 is 0 Å². The molecule has 2 N–H and O–H groups in total. The van der Waals surface area contributed by atoms with Crippen LogP contribution in [-0.2, 0) is 21.0 Å². The molecule has 126 valence electrons. The Morgan fingerprint density at radius 3 is 2.48 bits per heavy atom. The van der Waals surface area contributed by atoms with E-state index >= 15 is 0 Å². The molecule has 11 heteroatoms. The normalized spacial score (nSPS) is 19.8. The van der Waals surface area contributed by atoms with Crippen molar-refractivity contribution in [1.82, 2.24) is 15.3 Å². The minimum Gasteiger partial charge on any atom is -0.299 e. The van der Waals surface area contributed by atoms with Gasteiger partial charge in [0.15, 0.2) is 12.5 Å². The van der Waals surface area contributed by atoms with Gasteiger partial charge in [-0.1, -0.05) is 0 Å². The SMILES string of the molecule is CC1=NNC(C=O)N(NS(=O)(=O)c2ccc(C(F)(F)F)cc2)C1. The Hall–Kier alpha value is -1.98. The lowest BCUT2D eigenvalue weighted by Crippen LogP contribution is -2.58. The second-order valence-corrected chi connectivity index (χ2v) is 6.46. The fourth-order valence-electron chi connectivity index (χ4n) is 1.85. The summed E-state index contributed by atoms with van der Waals surface area (Å²) in [4.78, 5) is 12.7. The Kier molecular flexibility index (Phi) is 4.73. The number of carbonyl (C=O) groups is 1. The van der Waals surface area contributed by atoms with E-state index in [1.54, 1.807) is 6.92 Å². The lowest BCUT2D eigenvalue weighted by atomic mass is 10.2. The number of hydrogen-bond donors (Lipinski definition) is 2. The van der Waals surface area contributed by atoms with Crippen LogP contribution in [0.2, 0.25) is 0 Å². The van der Waals surface area contributed by atoms with Gasteiger partial charge in [0.1, 0.15) is 0 Å². The Morgan fingerprint density at radius 2 is 1.96 bits per heavy atom. The van der Waals surface area contributed by atoms with Crippen LogP contribution in [-0.4, -0.2) is 38.1 Å². The molecule has 1 aliphatic heterocycles. The number of nitrogens with one attached hydrogen (secondary N) is 2. The van der Waals surface area contributed by atoms with E-state index < -0.39 is 27.9 Å². The van der Waals surface area contributed by atoms with Gasteiger partial charge >= 0.3 is 6.18 Å². The number of alkyl halides is 3. The highest BCUT2D eigenvalue weighted by atomic mass is 32.2. The number of hydrogen-bond acceptors (Lipinski definition) is 6. The van der Waals surface area contributed by atoms with E-state index in [-0.39, 0.29) is 11.4 Å². The van der Waals surface area contributed by atoms with Crippen molar-refractivity contribution in [2.75, 3.05) is 6.54 Å². The summed E-state index contributed by atoms with van der Waals surface area (Å²) in [5, 5.41) is 4.89. The predicted octanol–water partition coefficient (Wildman–Crippen LogP) is 0.705. The zero-order valence-corrected chi connectivity index (χ0v) is 12.6. The van der Waals surface area contributed by atoms with Crippen molar-refractivity contribution in [3.8, 4) is 0 Å². The summed E-state index contributed by atoms with van der Waals surface area (Å²) in [5.41, 5.74) is 2.01. The van der Waals surface area contributed by atoms with Crippen LogP contribution in [0, 0.1) is 0 Å². The maximum atomic E-state index is 12.5.